The van der Waals surface area contributed by atoms with Gasteiger partial charge >= 0.3 is 12.0 Å². The lowest BCUT2D eigenvalue weighted by molar-refractivity contribution is -0.155. The number of amides is 2. The van der Waals surface area contributed by atoms with Gasteiger partial charge in [0.15, 0.2) is 5.60 Å². The number of aliphatic carboxylic acids is 1. The van der Waals surface area contributed by atoms with Crippen molar-refractivity contribution in [3.8, 4) is 0 Å². The van der Waals surface area contributed by atoms with E-state index in [2.05, 4.69) is 17.2 Å². The van der Waals surface area contributed by atoms with Crippen LogP contribution in [0.4, 0.5) is 4.79 Å². The molecule has 0 aliphatic rings. The second-order valence-electron chi connectivity index (χ2n) is 2.93. The average Bonchev–Trinajstić information content (AvgIpc) is 2.11. The van der Waals surface area contributed by atoms with Crippen LogP contribution in [0, 0.1) is 0 Å². The number of hydrogen-bond acceptors (Lipinski definition) is 3. The van der Waals surface area contributed by atoms with Crippen molar-refractivity contribution in [3.05, 3.63) is 12.7 Å². The fourth-order valence-electron chi connectivity index (χ4n) is 0.555. The van der Waals surface area contributed by atoms with E-state index in [-0.39, 0.29) is 13.1 Å². The van der Waals surface area contributed by atoms with E-state index in [9.17, 15) is 14.7 Å². The molecule has 14 heavy (non-hydrogen) atoms. The second kappa shape index (κ2) is 5.23. The summed E-state index contributed by atoms with van der Waals surface area (Å²) in [6.45, 7) is 4.41. The molecule has 0 saturated heterocycles. The molecule has 2 amide bonds. The van der Waals surface area contributed by atoms with Crippen molar-refractivity contribution in [1.29, 1.82) is 0 Å². The Morgan fingerprint density at radius 3 is 2.50 bits per heavy atom. The van der Waals surface area contributed by atoms with E-state index in [4.69, 9.17) is 5.11 Å². The molecule has 6 nitrogen and oxygen atoms in total. The van der Waals surface area contributed by atoms with E-state index >= 15 is 0 Å². The molecule has 1 unspecified atom stereocenters. The zero-order chi connectivity index (χ0) is 11.2. The van der Waals surface area contributed by atoms with Crippen LogP contribution in [0.5, 0.6) is 0 Å². The van der Waals surface area contributed by atoms with Crippen molar-refractivity contribution in [2.75, 3.05) is 13.1 Å². The SMILES string of the molecule is C=CCNC(=O)NCC(C)(O)C(=O)O. The largest absolute Gasteiger partial charge is 0.479 e. The zero-order valence-corrected chi connectivity index (χ0v) is 7.91. The van der Waals surface area contributed by atoms with E-state index in [0.29, 0.717) is 0 Å². The van der Waals surface area contributed by atoms with Crippen molar-refractivity contribution < 1.29 is 19.8 Å². The van der Waals surface area contributed by atoms with Crippen molar-refractivity contribution in [2.24, 2.45) is 0 Å². The van der Waals surface area contributed by atoms with Gasteiger partial charge in [-0.2, -0.15) is 0 Å². The lowest BCUT2D eigenvalue weighted by Gasteiger charge is -2.18. The summed E-state index contributed by atoms with van der Waals surface area (Å²) in [6, 6.07) is -0.550. The van der Waals surface area contributed by atoms with Crippen LogP contribution >= 0.6 is 0 Å². The van der Waals surface area contributed by atoms with Crippen molar-refractivity contribution >= 4 is 12.0 Å². The molecule has 80 valence electrons. The first kappa shape index (κ1) is 12.4. The Labute approximate surface area is 81.6 Å². The highest BCUT2D eigenvalue weighted by molar-refractivity contribution is 5.79. The summed E-state index contributed by atoms with van der Waals surface area (Å²) >= 11 is 0. The molecule has 6 heteroatoms. The first-order chi connectivity index (χ1) is 6.40. The van der Waals surface area contributed by atoms with Gasteiger partial charge in [-0.25, -0.2) is 9.59 Å². The summed E-state index contributed by atoms with van der Waals surface area (Å²) in [4.78, 5) is 21.3. The third kappa shape index (κ3) is 4.46. The molecule has 4 N–H and O–H groups in total. The van der Waals surface area contributed by atoms with Crippen LogP contribution < -0.4 is 10.6 Å². The Morgan fingerprint density at radius 2 is 2.07 bits per heavy atom. The number of hydrogen-bond donors (Lipinski definition) is 4. The van der Waals surface area contributed by atoms with Gasteiger partial charge in [0, 0.05) is 6.54 Å². The maximum absolute atomic E-state index is 10.9. The molecule has 0 spiro atoms. The lowest BCUT2D eigenvalue weighted by atomic mass is 10.1. The van der Waals surface area contributed by atoms with E-state index in [1.165, 1.54) is 6.08 Å². The molecule has 0 radical (unpaired) electrons. The molecule has 0 saturated carbocycles. The Morgan fingerprint density at radius 1 is 1.50 bits per heavy atom. The molecule has 0 aliphatic carbocycles. The number of carbonyl (C=O) groups excluding carboxylic acids is 1. The molecule has 0 aliphatic heterocycles. The smallest absolute Gasteiger partial charge is 0.337 e. The minimum Gasteiger partial charge on any atom is -0.479 e. The maximum Gasteiger partial charge on any atom is 0.337 e. The van der Waals surface area contributed by atoms with E-state index in [0.717, 1.165) is 6.92 Å². The van der Waals surface area contributed by atoms with Gasteiger partial charge in [-0.15, -0.1) is 6.58 Å². The van der Waals surface area contributed by atoms with E-state index in [1.807, 2.05) is 0 Å². The van der Waals surface area contributed by atoms with Crippen molar-refractivity contribution in [2.45, 2.75) is 12.5 Å². The summed E-state index contributed by atoms with van der Waals surface area (Å²) in [5, 5.41) is 22.3. The molecule has 0 heterocycles. The molecule has 0 fully saturated rings. The van der Waals surface area contributed by atoms with Gasteiger partial charge in [0.05, 0.1) is 6.54 Å². The van der Waals surface area contributed by atoms with Gasteiger partial charge in [-0.1, -0.05) is 6.08 Å². The molecule has 0 aromatic carbocycles. The van der Waals surface area contributed by atoms with Crippen LogP contribution in [0.2, 0.25) is 0 Å². The Hall–Kier alpha value is -1.56. The molecule has 0 bridgehead atoms. The van der Waals surface area contributed by atoms with E-state index in [1.54, 1.807) is 0 Å². The first-order valence-corrected chi connectivity index (χ1v) is 3.98. The second-order valence-corrected chi connectivity index (χ2v) is 2.93. The number of carboxylic acid groups (broad SMARTS) is 1. The monoisotopic (exact) mass is 202 g/mol. The lowest BCUT2D eigenvalue weighted by Crippen LogP contribution is -2.49. The summed E-state index contributed by atoms with van der Waals surface area (Å²) in [5.41, 5.74) is -1.95. The van der Waals surface area contributed by atoms with Crippen LogP contribution in [-0.4, -0.2) is 40.9 Å². The summed E-state index contributed by atoms with van der Waals surface area (Å²) < 4.78 is 0. The highest BCUT2D eigenvalue weighted by atomic mass is 16.4. The quantitative estimate of drug-likeness (QED) is 0.443. The molecular weight excluding hydrogens is 188 g/mol. The van der Waals surface area contributed by atoms with Gasteiger partial charge in [0.1, 0.15) is 0 Å². The third-order valence-corrected chi connectivity index (χ3v) is 1.46. The third-order valence-electron chi connectivity index (χ3n) is 1.46. The number of rotatable bonds is 5. The number of carbonyl (C=O) groups is 2. The highest BCUT2D eigenvalue weighted by Gasteiger charge is 2.30. The number of nitrogens with one attached hydrogen (secondary N) is 2. The fraction of sp³-hybridized carbons (Fsp3) is 0.500. The van der Waals surface area contributed by atoms with Gasteiger partial charge in [-0.3, -0.25) is 0 Å². The minimum absolute atomic E-state index is 0.279. The molecule has 0 rings (SSSR count). The molecule has 0 aromatic heterocycles. The maximum atomic E-state index is 10.9. The normalized spacial score (nSPS) is 13.9. The molecular formula is C8H14N2O4. The Kier molecular flexibility index (Phi) is 4.65. The van der Waals surface area contributed by atoms with Gasteiger partial charge in [0.2, 0.25) is 0 Å². The standard InChI is InChI=1S/C8H14N2O4/c1-3-4-9-7(13)10-5-8(2,14)6(11)12/h3,14H,1,4-5H2,2H3,(H,11,12)(H2,9,10,13). The van der Waals surface area contributed by atoms with Crippen LogP contribution in [0.3, 0.4) is 0 Å². The Balaban J connectivity index is 3.87. The fourth-order valence-corrected chi connectivity index (χ4v) is 0.555. The van der Waals surface area contributed by atoms with Crippen LogP contribution in [0.1, 0.15) is 6.92 Å². The first-order valence-electron chi connectivity index (χ1n) is 3.98. The highest BCUT2D eigenvalue weighted by Crippen LogP contribution is 2.00. The van der Waals surface area contributed by atoms with Crippen molar-refractivity contribution in [3.63, 3.8) is 0 Å². The summed E-state index contributed by atoms with van der Waals surface area (Å²) in [5.74, 6) is -1.39. The molecule has 0 aromatic rings. The molecule has 1 atom stereocenters. The van der Waals surface area contributed by atoms with Gasteiger partial charge in [-0.05, 0) is 6.92 Å². The Bertz CT molecular complexity index is 237. The minimum atomic E-state index is -1.95. The predicted molar refractivity (Wildman–Crippen MR) is 49.9 cm³/mol. The topological polar surface area (TPSA) is 98.7 Å². The van der Waals surface area contributed by atoms with Gasteiger partial charge < -0.3 is 20.8 Å². The number of urea groups is 1. The van der Waals surface area contributed by atoms with Crippen LogP contribution in [-0.2, 0) is 4.79 Å². The van der Waals surface area contributed by atoms with Gasteiger partial charge in [0.25, 0.3) is 0 Å². The van der Waals surface area contributed by atoms with Crippen LogP contribution in [0.25, 0.3) is 0 Å². The predicted octanol–water partition coefficient (Wildman–Crippen LogP) is -0.693. The van der Waals surface area contributed by atoms with Crippen molar-refractivity contribution in [1.82, 2.24) is 10.6 Å². The average molecular weight is 202 g/mol. The van der Waals surface area contributed by atoms with E-state index < -0.39 is 17.6 Å². The summed E-state index contributed by atoms with van der Waals surface area (Å²) in [6.07, 6.45) is 1.48. The number of aliphatic hydroxyl groups is 1. The van der Waals surface area contributed by atoms with Crippen LogP contribution in [0.15, 0.2) is 12.7 Å². The zero-order valence-electron chi connectivity index (χ0n) is 7.91. The number of carboxylic acids is 1. The summed E-state index contributed by atoms with van der Waals surface area (Å²) in [7, 11) is 0.